The lowest BCUT2D eigenvalue weighted by Gasteiger charge is -2.12. The van der Waals surface area contributed by atoms with Crippen LogP contribution in [0.1, 0.15) is 124 Å². The minimum absolute atomic E-state index is 0.0829. The van der Waals surface area contributed by atoms with Crippen molar-refractivity contribution in [1.29, 1.82) is 0 Å². The van der Waals surface area contributed by atoms with Gasteiger partial charge in [-0.05, 0) is 76.3 Å². The quantitative estimate of drug-likeness (QED) is 0.0718. The van der Waals surface area contributed by atoms with Crippen molar-refractivity contribution in [3.05, 3.63) is 53.6 Å². The lowest BCUT2D eigenvalue weighted by molar-refractivity contribution is 0.0447. The first-order chi connectivity index (χ1) is 18.3. The molecule has 0 aliphatic carbocycles. The van der Waals surface area contributed by atoms with Gasteiger partial charge in [0.25, 0.3) is 10.1 Å². The number of esters is 2. The number of carbonyl (C=O) groups is 2. The van der Waals surface area contributed by atoms with Crippen LogP contribution in [0.25, 0.3) is 0 Å². The molecule has 0 aromatic heterocycles. The maximum absolute atomic E-state index is 12.8. The van der Waals surface area contributed by atoms with Gasteiger partial charge in [0.05, 0.1) is 24.3 Å². The van der Waals surface area contributed by atoms with Gasteiger partial charge in [0, 0.05) is 0 Å². The molecule has 0 aliphatic rings. The van der Waals surface area contributed by atoms with Crippen molar-refractivity contribution in [2.24, 2.45) is 0 Å². The van der Waals surface area contributed by atoms with Crippen LogP contribution in [0.4, 0.5) is 0 Å². The van der Waals surface area contributed by atoms with Crippen LogP contribution in [-0.2, 0) is 19.6 Å². The van der Waals surface area contributed by atoms with Gasteiger partial charge in [0.2, 0.25) is 0 Å². The summed E-state index contributed by atoms with van der Waals surface area (Å²) in [4.78, 5) is 24.8. The minimum atomic E-state index is -4.75. The van der Waals surface area contributed by atoms with Crippen molar-refractivity contribution in [3.8, 4) is 0 Å². The molecule has 0 fully saturated rings. The molecule has 0 radical (unpaired) electrons. The molecule has 38 heavy (non-hydrogen) atoms. The molecule has 0 bridgehead atoms. The van der Waals surface area contributed by atoms with E-state index in [9.17, 15) is 22.6 Å². The summed E-state index contributed by atoms with van der Waals surface area (Å²) < 4.78 is 44.0. The molecule has 214 valence electrons. The standard InChI is InChI=1S/C30H46O7S/c1-3-5-7-9-11-13-15-17-19-24-36-29(31)26-22-21-23-27(38(33,34)35)28(26)30(32)37-25-20-18-16-14-12-10-8-6-4-2/h9-12,21-23H,3-8,13-20,24-25H2,1-2H3,(H,33,34,35)/b11-9+,12-10+. The van der Waals surface area contributed by atoms with Crippen LogP contribution in [0.3, 0.4) is 0 Å². The Kier molecular flexibility index (Phi) is 18.1. The van der Waals surface area contributed by atoms with Gasteiger partial charge in [-0.15, -0.1) is 0 Å². The molecule has 7 nitrogen and oxygen atoms in total. The molecular weight excluding hydrogens is 504 g/mol. The van der Waals surface area contributed by atoms with E-state index in [0.29, 0.717) is 12.8 Å². The Morgan fingerprint density at radius 3 is 1.66 bits per heavy atom. The largest absolute Gasteiger partial charge is 0.462 e. The topological polar surface area (TPSA) is 107 Å². The van der Waals surface area contributed by atoms with E-state index in [4.69, 9.17) is 9.47 Å². The van der Waals surface area contributed by atoms with Crippen LogP contribution in [0, 0.1) is 0 Å². The Morgan fingerprint density at radius 1 is 0.711 bits per heavy atom. The second-order valence-corrected chi connectivity index (χ2v) is 10.7. The molecule has 0 amide bonds. The van der Waals surface area contributed by atoms with E-state index in [1.807, 2.05) is 0 Å². The average molecular weight is 551 g/mol. The highest BCUT2D eigenvalue weighted by Crippen LogP contribution is 2.22. The number of carbonyl (C=O) groups excluding carboxylic acids is 2. The predicted molar refractivity (Wildman–Crippen MR) is 151 cm³/mol. The third kappa shape index (κ3) is 14.5. The van der Waals surface area contributed by atoms with Crippen molar-refractivity contribution in [2.45, 2.75) is 109 Å². The average Bonchev–Trinajstić information content (AvgIpc) is 2.89. The van der Waals surface area contributed by atoms with E-state index >= 15 is 0 Å². The highest BCUT2D eigenvalue weighted by Gasteiger charge is 2.28. The van der Waals surface area contributed by atoms with E-state index < -0.39 is 32.5 Å². The second-order valence-electron chi connectivity index (χ2n) is 9.35. The second kappa shape index (κ2) is 20.5. The van der Waals surface area contributed by atoms with Gasteiger partial charge in [0.15, 0.2) is 0 Å². The summed E-state index contributed by atoms with van der Waals surface area (Å²) >= 11 is 0. The number of ether oxygens (including phenoxy) is 2. The fourth-order valence-electron chi connectivity index (χ4n) is 3.80. The van der Waals surface area contributed by atoms with Gasteiger partial charge in [-0.1, -0.05) is 69.9 Å². The number of benzene rings is 1. The summed E-state index contributed by atoms with van der Waals surface area (Å²) in [5.41, 5.74) is -0.725. The van der Waals surface area contributed by atoms with Gasteiger partial charge >= 0.3 is 11.9 Å². The predicted octanol–water partition coefficient (Wildman–Crippen LogP) is 7.86. The van der Waals surface area contributed by atoms with E-state index in [1.54, 1.807) is 0 Å². The molecule has 8 heteroatoms. The van der Waals surface area contributed by atoms with Crippen LogP contribution >= 0.6 is 0 Å². The normalized spacial score (nSPS) is 11.9. The minimum Gasteiger partial charge on any atom is -0.462 e. The lowest BCUT2D eigenvalue weighted by atomic mass is 10.1. The fraction of sp³-hybridized carbons (Fsp3) is 0.600. The molecule has 1 aromatic rings. The highest BCUT2D eigenvalue weighted by molar-refractivity contribution is 7.86. The molecule has 0 aliphatic heterocycles. The maximum Gasteiger partial charge on any atom is 0.340 e. The Bertz CT molecular complexity index is 980. The molecule has 1 N–H and O–H groups in total. The highest BCUT2D eigenvalue weighted by atomic mass is 32.2. The Morgan fingerprint density at radius 2 is 1.18 bits per heavy atom. The Hall–Kier alpha value is -2.45. The summed E-state index contributed by atoms with van der Waals surface area (Å²) in [5.74, 6) is -1.80. The summed E-state index contributed by atoms with van der Waals surface area (Å²) in [7, 11) is -4.75. The molecule has 0 saturated carbocycles. The first-order valence-corrected chi connectivity index (χ1v) is 15.5. The van der Waals surface area contributed by atoms with Crippen molar-refractivity contribution >= 4 is 22.1 Å². The van der Waals surface area contributed by atoms with E-state index in [-0.39, 0.29) is 18.8 Å². The van der Waals surface area contributed by atoms with Crippen molar-refractivity contribution in [3.63, 3.8) is 0 Å². The molecule has 0 unspecified atom stereocenters. The van der Waals surface area contributed by atoms with E-state index in [1.165, 1.54) is 37.8 Å². The zero-order chi connectivity index (χ0) is 28.1. The molecule has 1 aromatic carbocycles. The van der Waals surface area contributed by atoms with Crippen LogP contribution in [0.15, 0.2) is 47.4 Å². The number of allylic oxidation sites excluding steroid dienone is 4. The van der Waals surface area contributed by atoms with Gasteiger partial charge in [-0.2, -0.15) is 8.42 Å². The van der Waals surface area contributed by atoms with Gasteiger partial charge < -0.3 is 9.47 Å². The van der Waals surface area contributed by atoms with Crippen LogP contribution in [0.2, 0.25) is 0 Å². The van der Waals surface area contributed by atoms with Gasteiger partial charge in [-0.25, -0.2) is 9.59 Å². The summed E-state index contributed by atoms with van der Waals surface area (Å²) in [6, 6.07) is 3.66. The third-order valence-corrected chi connectivity index (χ3v) is 6.90. The SMILES string of the molecule is CCCC/C=C/CCCCCOC(=O)c1cccc(S(=O)(=O)O)c1C(=O)OCCCCC/C=C/CCCC. The van der Waals surface area contributed by atoms with E-state index in [2.05, 4.69) is 38.2 Å². The van der Waals surface area contributed by atoms with E-state index in [0.717, 1.165) is 57.4 Å². The fourth-order valence-corrected chi connectivity index (χ4v) is 4.51. The maximum atomic E-state index is 12.8. The Labute approximate surface area is 229 Å². The number of hydrogen-bond acceptors (Lipinski definition) is 6. The summed E-state index contributed by atoms with van der Waals surface area (Å²) in [6.07, 6.45) is 22.5. The van der Waals surface area contributed by atoms with Crippen molar-refractivity contribution in [1.82, 2.24) is 0 Å². The molecule has 1 rings (SSSR count). The molecular formula is C30H46O7S. The smallest absolute Gasteiger partial charge is 0.340 e. The molecule has 0 atom stereocenters. The number of hydrogen-bond donors (Lipinski definition) is 1. The third-order valence-electron chi connectivity index (χ3n) is 6.01. The van der Waals surface area contributed by atoms with Crippen LogP contribution < -0.4 is 0 Å². The molecule has 0 saturated heterocycles. The number of unbranched alkanes of at least 4 members (excludes halogenated alkanes) is 10. The van der Waals surface area contributed by atoms with Crippen LogP contribution in [0.5, 0.6) is 0 Å². The molecule has 0 spiro atoms. The Balaban J connectivity index is 2.60. The van der Waals surface area contributed by atoms with Crippen molar-refractivity contribution in [2.75, 3.05) is 13.2 Å². The first-order valence-electron chi connectivity index (χ1n) is 14.1. The zero-order valence-electron chi connectivity index (χ0n) is 23.2. The number of rotatable bonds is 21. The van der Waals surface area contributed by atoms with Gasteiger partial charge in [0.1, 0.15) is 4.90 Å². The molecule has 0 heterocycles. The van der Waals surface area contributed by atoms with Crippen LogP contribution in [-0.4, -0.2) is 38.1 Å². The van der Waals surface area contributed by atoms with Crippen molar-refractivity contribution < 1.29 is 32.0 Å². The zero-order valence-corrected chi connectivity index (χ0v) is 24.0. The lowest BCUT2D eigenvalue weighted by Crippen LogP contribution is -2.19. The summed E-state index contributed by atoms with van der Waals surface area (Å²) in [6.45, 7) is 4.55. The first kappa shape index (κ1) is 33.6. The monoisotopic (exact) mass is 550 g/mol. The van der Waals surface area contributed by atoms with Gasteiger partial charge in [-0.3, -0.25) is 4.55 Å². The summed E-state index contributed by atoms with van der Waals surface area (Å²) in [5, 5.41) is 0.